The third kappa shape index (κ3) is 5.04. The number of hydrogen-bond donors (Lipinski definition) is 1. The molecule has 4 rings (SSSR count). The van der Waals surface area contributed by atoms with Crippen LogP contribution in [-0.2, 0) is 19.1 Å². The summed E-state index contributed by atoms with van der Waals surface area (Å²) in [5, 5.41) is 8.44. The van der Waals surface area contributed by atoms with Crippen molar-refractivity contribution in [1.29, 1.82) is 0 Å². The second kappa shape index (κ2) is 8.93. The molecule has 27 heavy (non-hydrogen) atoms. The fraction of sp³-hybridized carbons (Fsp3) is 0.909. The third-order valence-corrected chi connectivity index (χ3v) is 7.34. The van der Waals surface area contributed by atoms with Crippen molar-refractivity contribution in [3.8, 4) is 0 Å². The molecule has 7 atom stereocenters. The van der Waals surface area contributed by atoms with Crippen LogP contribution in [0.3, 0.4) is 0 Å². The molecule has 3 saturated carbocycles. The van der Waals surface area contributed by atoms with Crippen molar-refractivity contribution in [1.82, 2.24) is 0 Å². The molecule has 7 unspecified atom stereocenters. The highest BCUT2D eigenvalue weighted by Gasteiger charge is 2.64. The van der Waals surface area contributed by atoms with Crippen molar-refractivity contribution in [2.45, 2.75) is 85.4 Å². The monoisotopic (exact) mass is 382 g/mol. The molecular formula is C22H38O5. The van der Waals surface area contributed by atoms with Gasteiger partial charge in [0.25, 0.3) is 0 Å². The van der Waals surface area contributed by atoms with Crippen LogP contribution >= 0.6 is 0 Å². The lowest BCUT2D eigenvalue weighted by molar-refractivity contribution is -0.147. The minimum Gasteiger partial charge on any atom is -0.481 e. The number of methoxy groups -OCH3 is 1. The first-order chi connectivity index (χ1) is 12.7. The molecule has 3 aliphatic carbocycles. The van der Waals surface area contributed by atoms with Crippen LogP contribution in [0.4, 0.5) is 0 Å². The second-order valence-corrected chi connectivity index (χ2v) is 9.32. The van der Waals surface area contributed by atoms with Crippen molar-refractivity contribution >= 4 is 11.9 Å². The molecule has 0 aromatic rings. The van der Waals surface area contributed by atoms with Crippen LogP contribution in [0.25, 0.3) is 0 Å². The van der Waals surface area contributed by atoms with E-state index < -0.39 is 11.4 Å². The van der Waals surface area contributed by atoms with E-state index in [4.69, 9.17) is 9.84 Å². The number of esters is 1. The number of carbonyl (C=O) groups is 2. The summed E-state index contributed by atoms with van der Waals surface area (Å²) < 4.78 is 10.1. The number of carboxylic acids is 1. The molecule has 5 heteroatoms. The van der Waals surface area contributed by atoms with Crippen LogP contribution in [0.2, 0.25) is 0 Å². The van der Waals surface area contributed by atoms with Gasteiger partial charge in [-0.05, 0) is 76.0 Å². The zero-order valence-electron chi connectivity index (χ0n) is 17.9. The van der Waals surface area contributed by atoms with Gasteiger partial charge in [0.2, 0.25) is 0 Å². The molecule has 0 amide bonds. The highest BCUT2D eigenvalue weighted by atomic mass is 16.6. The Balaban J connectivity index is 0.000000150. The van der Waals surface area contributed by atoms with Gasteiger partial charge >= 0.3 is 11.9 Å². The van der Waals surface area contributed by atoms with Crippen molar-refractivity contribution in [3.05, 3.63) is 0 Å². The second-order valence-electron chi connectivity index (χ2n) is 9.32. The summed E-state index contributed by atoms with van der Waals surface area (Å²) >= 11 is 0. The molecule has 1 saturated heterocycles. The van der Waals surface area contributed by atoms with Gasteiger partial charge in [-0.1, -0.05) is 20.8 Å². The topological polar surface area (TPSA) is 76.1 Å². The van der Waals surface area contributed by atoms with Crippen LogP contribution in [0, 0.1) is 35.0 Å². The quantitative estimate of drug-likeness (QED) is 0.571. The third-order valence-electron chi connectivity index (χ3n) is 7.34. The van der Waals surface area contributed by atoms with E-state index in [1.54, 1.807) is 26.7 Å². The fourth-order valence-electron chi connectivity index (χ4n) is 4.79. The first-order valence-corrected chi connectivity index (χ1v) is 10.6. The van der Waals surface area contributed by atoms with Gasteiger partial charge in [-0.25, -0.2) is 0 Å². The van der Waals surface area contributed by atoms with Crippen molar-refractivity contribution in [3.63, 3.8) is 0 Å². The van der Waals surface area contributed by atoms with Gasteiger partial charge in [0.15, 0.2) is 0 Å². The van der Waals surface area contributed by atoms with Crippen LogP contribution in [0.1, 0.15) is 73.1 Å². The SMILES string of the molecule is C1CC2CC1C1CC3OC3C21.CCC(C)(C)C(=O)O.CCC(C)C(=O)OC. The van der Waals surface area contributed by atoms with E-state index in [9.17, 15) is 9.59 Å². The summed E-state index contributed by atoms with van der Waals surface area (Å²) in [6.07, 6.45) is 9.07. The summed E-state index contributed by atoms with van der Waals surface area (Å²) in [7, 11) is 1.41. The predicted octanol–water partition coefficient (Wildman–Crippen LogP) is 4.53. The summed E-state index contributed by atoms with van der Waals surface area (Å²) in [6.45, 7) is 9.12. The van der Waals surface area contributed by atoms with Crippen LogP contribution in [0.5, 0.6) is 0 Å². The highest BCUT2D eigenvalue weighted by Crippen LogP contribution is 2.64. The van der Waals surface area contributed by atoms with Gasteiger partial charge in [-0.2, -0.15) is 0 Å². The predicted molar refractivity (Wildman–Crippen MR) is 104 cm³/mol. The normalized spacial score (nSPS) is 35.6. The zero-order valence-corrected chi connectivity index (χ0v) is 17.9. The molecule has 0 radical (unpaired) electrons. The number of epoxide rings is 1. The van der Waals surface area contributed by atoms with E-state index in [0.29, 0.717) is 6.42 Å². The lowest BCUT2D eigenvalue weighted by Gasteiger charge is -2.25. The molecule has 5 nitrogen and oxygen atoms in total. The lowest BCUT2D eigenvalue weighted by Crippen LogP contribution is -2.22. The first-order valence-electron chi connectivity index (χ1n) is 10.6. The molecule has 0 spiro atoms. The van der Waals surface area contributed by atoms with Crippen molar-refractivity contribution < 1.29 is 24.2 Å². The Morgan fingerprint density at radius 1 is 1.19 bits per heavy atom. The highest BCUT2D eigenvalue weighted by molar-refractivity contribution is 5.73. The number of hydrogen-bond acceptors (Lipinski definition) is 4. The summed E-state index contributed by atoms with van der Waals surface area (Å²) in [5.41, 5.74) is -0.542. The van der Waals surface area contributed by atoms with E-state index in [1.807, 2.05) is 20.8 Å². The fourth-order valence-corrected chi connectivity index (χ4v) is 4.79. The molecule has 2 bridgehead atoms. The molecule has 1 aliphatic heterocycles. The zero-order chi connectivity index (χ0) is 20.4. The Labute approximate surface area is 164 Å². The van der Waals surface area contributed by atoms with E-state index in [2.05, 4.69) is 4.74 Å². The Morgan fingerprint density at radius 3 is 2.22 bits per heavy atom. The molecule has 4 aliphatic rings. The standard InChI is InChI=1S/C10H14O.2C6H12O2/c1-2-6-3-5(1)7-4-8-10(11-8)9(6)7;1-4-6(2,3)5(7)8;1-4-5(2)6(7)8-3/h5-10H,1-4H2;4H2,1-3H3,(H,7,8);5H,4H2,1-3H3. The maximum absolute atomic E-state index is 10.5. The van der Waals surface area contributed by atoms with E-state index in [1.165, 1.54) is 20.0 Å². The number of rotatable bonds is 4. The van der Waals surface area contributed by atoms with Gasteiger partial charge in [0.1, 0.15) is 0 Å². The van der Waals surface area contributed by atoms with Crippen LogP contribution in [-0.4, -0.2) is 36.4 Å². The van der Waals surface area contributed by atoms with E-state index in [-0.39, 0.29) is 11.9 Å². The average Bonchev–Trinajstić information content (AvgIpc) is 3.03. The van der Waals surface area contributed by atoms with Gasteiger partial charge in [-0.15, -0.1) is 0 Å². The summed E-state index contributed by atoms with van der Waals surface area (Å²) in [5.74, 6) is 3.56. The molecule has 0 aromatic carbocycles. The average molecular weight is 383 g/mol. The van der Waals surface area contributed by atoms with Gasteiger partial charge < -0.3 is 14.6 Å². The van der Waals surface area contributed by atoms with Crippen molar-refractivity contribution in [2.75, 3.05) is 7.11 Å². The minimum atomic E-state index is -0.722. The van der Waals surface area contributed by atoms with Crippen molar-refractivity contribution in [2.24, 2.45) is 35.0 Å². The van der Waals surface area contributed by atoms with Crippen LogP contribution < -0.4 is 0 Å². The summed E-state index contributed by atoms with van der Waals surface area (Å²) in [4.78, 5) is 20.8. The van der Waals surface area contributed by atoms with E-state index >= 15 is 0 Å². The molecule has 4 fully saturated rings. The number of carbonyl (C=O) groups excluding carboxylic acids is 1. The number of aliphatic carboxylic acids is 1. The van der Waals surface area contributed by atoms with E-state index in [0.717, 1.165) is 42.3 Å². The minimum absolute atomic E-state index is 0.0556. The number of fused-ring (bicyclic) bond motifs is 7. The maximum atomic E-state index is 10.5. The number of carboxylic acid groups (broad SMARTS) is 1. The molecule has 1 heterocycles. The molecule has 0 aromatic heterocycles. The van der Waals surface area contributed by atoms with Gasteiger partial charge in [0.05, 0.1) is 30.7 Å². The Bertz CT molecular complexity index is 527. The molecule has 1 N–H and O–H groups in total. The Morgan fingerprint density at radius 2 is 1.81 bits per heavy atom. The lowest BCUT2D eigenvalue weighted by atomic mass is 9.81. The molecular weight excluding hydrogens is 344 g/mol. The largest absolute Gasteiger partial charge is 0.481 e. The Hall–Kier alpha value is -1.10. The number of ether oxygens (including phenoxy) is 2. The van der Waals surface area contributed by atoms with Crippen LogP contribution in [0.15, 0.2) is 0 Å². The van der Waals surface area contributed by atoms with Gasteiger partial charge in [-0.3, -0.25) is 9.59 Å². The first kappa shape index (κ1) is 22.2. The maximum Gasteiger partial charge on any atom is 0.309 e. The summed E-state index contributed by atoms with van der Waals surface area (Å²) in [6, 6.07) is 0. The Kier molecular flexibility index (Phi) is 7.34. The van der Waals surface area contributed by atoms with Gasteiger partial charge in [0, 0.05) is 0 Å². The molecule has 156 valence electrons. The smallest absolute Gasteiger partial charge is 0.309 e.